The number of ether oxygens (including phenoxy) is 1. The van der Waals surface area contributed by atoms with Crippen LogP contribution in [0.3, 0.4) is 0 Å². The van der Waals surface area contributed by atoms with Crippen LogP contribution in [0.25, 0.3) is 0 Å². The van der Waals surface area contributed by atoms with E-state index in [4.69, 9.17) is 27.9 Å². The maximum Gasteiger partial charge on any atom is 0.239 e. The molecule has 0 N–H and O–H groups in total. The first-order chi connectivity index (χ1) is 7.24. The van der Waals surface area contributed by atoms with E-state index in [1.807, 2.05) is 0 Å². The van der Waals surface area contributed by atoms with E-state index in [2.05, 4.69) is 16.3 Å². The lowest BCUT2D eigenvalue weighted by Gasteiger charge is -2.02. The van der Waals surface area contributed by atoms with Gasteiger partial charge in [0.25, 0.3) is 0 Å². The zero-order valence-electron chi connectivity index (χ0n) is 7.45. The molecule has 0 amide bonds. The first-order valence-electron chi connectivity index (χ1n) is 4.08. The molecule has 0 unspecified atom stereocenters. The van der Waals surface area contributed by atoms with Crippen molar-refractivity contribution in [2.75, 3.05) is 0 Å². The zero-order valence-corrected chi connectivity index (χ0v) is 8.96. The minimum absolute atomic E-state index is 0.207. The quantitative estimate of drug-likeness (QED) is 0.806. The molecule has 3 nitrogen and oxygen atoms in total. The van der Waals surface area contributed by atoms with Gasteiger partial charge in [-0.3, -0.25) is 0 Å². The maximum atomic E-state index is 5.73. The summed E-state index contributed by atoms with van der Waals surface area (Å²) >= 11 is 11.3. The molecule has 5 heteroatoms. The average Bonchev–Trinajstić information content (AvgIpc) is 2.25. The molecule has 0 aliphatic heterocycles. The molecule has 2 aromatic rings. The standard InChI is InChI=1S/C10H5Cl2N2O/c11-7-1-3-8(4-2-7)15-10-6-5-9(12)13-14-10/h1-4,6H. The van der Waals surface area contributed by atoms with E-state index in [0.717, 1.165) is 0 Å². The van der Waals surface area contributed by atoms with Crippen LogP contribution in [0.5, 0.6) is 11.6 Å². The average molecular weight is 240 g/mol. The highest BCUT2D eigenvalue weighted by Gasteiger charge is 1.99. The Hall–Kier alpha value is -1.32. The van der Waals surface area contributed by atoms with Crippen molar-refractivity contribution in [3.05, 3.63) is 46.6 Å². The fraction of sp³-hybridized carbons (Fsp3) is 0. The normalized spacial score (nSPS) is 10.0. The van der Waals surface area contributed by atoms with Gasteiger partial charge in [-0.05, 0) is 24.3 Å². The number of benzene rings is 1. The minimum Gasteiger partial charge on any atom is -0.437 e. The molecular weight excluding hydrogens is 235 g/mol. The molecule has 1 aromatic carbocycles. The fourth-order valence-electron chi connectivity index (χ4n) is 0.945. The third-order valence-electron chi connectivity index (χ3n) is 1.59. The summed E-state index contributed by atoms with van der Waals surface area (Å²) in [6.45, 7) is 0. The van der Waals surface area contributed by atoms with Gasteiger partial charge in [0.15, 0.2) is 5.15 Å². The Balaban J connectivity index is 2.15. The summed E-state index contributed by atoms with van der Waals surface area (Å²) < 4.78 is 5.37. The summed E-state index contributed by atoms with van der Waals surface area (Å²) in [4.78, 5) is 0. The largest absolute Gasteiger partial charge is 0.437 e. The van der Waals surface area contributed by atoms with E-state index in [1.165, 1.54) is 6.07 Å². The first-order valence-corrected chi connectivity index (χ1v) is 4.84. The Bertz CT molecular complexity index is 398. The molecular formula is C10H5Cl2N2O. The van der Waals surface area contributed by atoms with Crippen LogP contribution in [0.2, 0.25) is 10.2 Å². The Morgan fingerprint density at radius 3 is 2.40 bits per heavy atom. The Morgan fingerprint density at radius 1 is 1.07 bits per heavy atom. The van der Waals surface area contributed by atoms with Crippen LogP contribution >= 0.6 is 23.2 Å². The molecule has 1 heterocycles. The van der Waals surface area contributed by atoms with Gasteiger partial charge in [-0.1, -0.05) is 23.2 Å². The molecule has 2 rings (SSSR count). The third kappa shape index (κ3) is 2.81. The van der Waals surface area contributed by atoms with Crippen molar-refractivity contribution in [2.45, 2.75) is 0 Å². The summed E-state index contributed by atoms with van der Waals surface area (Å²) in [6.07, 6.45) is 0. The summed E-state index contributed by atoms with van der Waals surface area (Å²) in [5, 5.41) is 8.19. The van der Waals surface area contributed by atoms with E-state index < -0.39 is 0 Å². The van der Waals surface area contributed by atoms with Gasteiger partial charge < -0.3 is 4.74 Å². The molecule has 0 spiro atoms. The van der Waals surface area contributed by atoms with Crippen molar-refractivity contribution < 1.29 is 4.74 Å². The molecule has 0 saturated heterocycles. The van der Waals surface area contributed by atoms with E-state index in [1.54, 1.807) is 24.3 Å². The van der Waals surface area contributed by atoms with Crippen molar-refractivity contribution in [1.82, 2.24) is 10.2 Å². The molecule has 0 bridgehead atoms. The molecule has 0 aliphatic carbocycles. The third-order valence-corrected chi connectivity index (χ3v) is 2.02. The highest BCUT2D eigenvalue weighted by Crippen LogP contribution is 2.21. The second-order valence-corrected chi connectivity index (χ2v) is 3.47. The van der Waals surface area contributed by atoms with Gasteiger partial charge in [-0.15, -0.1) is 10.2 Å². The molecule has 0 atom stereocenters. The minimum atomic E-state index is 0.207. The molecule has 0 fully saturated rings. The fourth-order valence-corrected chi connectivity index (χ4v) is 1.16. The highest BCUT2D eigenvalue weighted by molar-refractivity contribution is 6.30. The van der Waals surface area contributed by atoms with Gasteiger partial charge in [0.05, 0.1) is 0 Å². The van der Waals surface area contributed by atoms with Gasteiger partial charge in [0.1, 0.15) is 5.75 Å². The topological polar surface area (TPSA) is 35.0 Å². The van der Waals surface area contributed by atoms with Gasteiger partial charge in [0.2, 0.25) is 5.88 Å². The number of nitrogens with zero attached hydrogens (tertiary/aromatic N) is 2. The smallest absolute Gasteiger partial charge is 0.239 e. The summed E-state index contributed by atoms with van der Waals surface area (Å²) in [7, 11) is 0. The number of halogens is 2. The number of hydrogen-bond acceptors (Lipinski definition) is 3. The lowest BCUT2D eigenvalue weighted by molar-refractivity contribution is 0.455. The van der Waals surface area contributed by atoms with Crippen LogP contribution in [-0.2, 0) is 0 Å². The summed E-state index contributed by atoms with van der Waals surface area (Å²) in [5.41, 5.74) is 0. The van der Waals surface area contributed by atoms with E-state index in [0.29, 0.717) is 16.7 Å². The van der Waals surface area contributed by atoms with Crippen LogP contribution in [-0.4, -0.2) is 10.2 Å². The Morgan fingerprint density at radius 2 is 1.80 bits per heavy atom. The second kappa shape index (κ2) is 4.47. The van der Waals surface area contributed by atoms with E-state index in [-0.39, 0.29) is 5.15 Å². The van der Waals surface area contributed by atoms with Gasteiger partial charge in [-0.2, -0.15) is 0 Å². The molecule has 0 saturated carbocycles. The van der Waals surface area contributed by atoms with Crippen LogP contribution in [0.1, 0.15) is 0 Å². The second-order valence-electron chi connectivity index (χ2n) is 2.67. The lowest BCUT2D eigenvalue weighted by atomic mass is 10.3. The monoisotopic (exact) mass is 239 g/mol. The SMILES string of the molecule is Clc1ccc(Oc2c[c]c(Cl)nn2)cc1. The van der Waals surface area contributed by atoms with Crippen molar-refractivity contribution in [1.29, 1.82) is 0 Å². The molecule has 1 radical (unpaired) electrons. The molecule has 1 aromatic heterocycles. The van der Waals surface area contributed by atoms with Crippen molar-refractivity contribution in [3.63, 3.8) is 0 Å². The maximum absolute atomic E-state index is 5.73. The first kappa shape index (κ1) is 10.2. The molecule has 15 heavy (non-hydrogen) atoms. The van der Waals surface area contributed by atoms with Crippen LogP contribution < -0.4 is 4.74 Å². The predicted molar refractivity (Wildman–Crippen MR) is 57.4 cm³/mol. The Kier molecular flexibility index (Phi) is 3.04. The van der Waals surface area contributed by atoms with Crippen LogP contribution in [0.4, 0.5) is 0 Å². The highest BCUT2D eigenvalue weighted by atomic mass is 35.5. The molecule has 75 valence electrons. The van der Waals surface area contributed by atoms with Gasteiger partial charge in [-0.25, -0.2) is 0 Å². The summed E-state index contributed by atoms with van der Waals surface area (Å²) in [6, 6.07) is 11.1. The van der Waals surface area contributed by atoms with E-state index >= 15 is 0 Å². The number of rotatable bonds is 2. The lowest BCUT2D eigenvalue weighted by Crippen LogP contribution is -1.89. The zero-order chi connectivity index (χ0) is 10.7. The van der Waals surface area contributed by atoms with Crippen molar-refractivity contribution >= 4 is 23.2 Å². The van der Waals surface area contributed by atoms with E-state index in [9.17, 15) is 0 Å². The predicted octanol–water partition coefficient (Wildman–Crippen LogP) is 3.38. The van der Waals surface area contributed by atoms with Gasteiger partial charge >= 0.3 is 0 Å². The Labute approximate surface area is 96.6 Å². The number of aromatic nitrogens is 2. The number of hydrogen-bond donors (Lipinski definition) is 0. The van der Waals surface area contributed by atoms with Crippen LogP contribution in [0, 0.1) is 6.07 Å². The molecule has 0 aliphatic rings. The van der Waals surface area contributed by atoms with Gasteiger partial charge in [0, 0.05) is 17.2 Å². The van der Waals surface area contributed by atoms with Crippen LogP contribution in [0.15, 0.2) is 30.3 Å². The summed E-state index contributed by atoms with van der Waals surface area (Å²) in [5.74, 6) is 0.964. The van der Waals surface area contributed by atoms with Crippen molar-refractivity contribution in [2.24, 2.45) is 0 Å². The van der Waals surface area contributed by atoms with Crippen molar-refractivity contribution in [3.8, 4) is 11.6 Å².